The summed E-state index contributed by atoms with van der Waals surface area (Å²) in [4.78, 5) is 27.4. The lowest BCUT2D eigenvalue weighted by molar-refractivity contribution is -0.123. The third-order valence-corrected chi connectivity index (χ3v) is 3.26. The second kappa shape index (κ2) is 9.87. The Kier molecular flexibility index (Phi) is 7.18. The summed E-state index contributed by atoms with van der Waals surface area (Å²) < 4.78 is 5.51. The molecule has 1 aromatic heterocycles. The number of likely N-dealkylation sites (N-methyl/N-ethyl adjacent to an activating group) is 1. The number of benzene rings is 1. The highest BCUT2D eigenvalue weighted by Gasteiger charge is 2.04. The molecule has 1 heterocycles. The first-order chi connectivity index (χ1) is 12.2. The van der Waals surface area contributed by atoms with Gasteiger partial charge in [-0.3, -0.25) is 14.6 Å². The van der Waals surface area contributed by atoms with Crippen LogP contribution >= 0.6 is 0 Å². The normalized spacial score (nSPS) is 10.4. The van der Waals surface area contributed by atoms with Gasteiger partial charge >= 0.3 is 0 Å². The van der Waals surface area contributed by atoms with Crippen molar-refractivity contribution in [2.24, 2.45) is 0 Å². The summed E-state index contributed by atoms with van der Waals surface area (Å²) in [6.07, 6.45) is 6.48. The van der Waals surface area contributed by atoms with E-state index in [-0.39, 0.29) is 18.4 Å². The Balaban J connectivity index is 1.91. The van der Waals surface area contributed by atoms with Crippen molar-refractivity contribution in [1.82, 2.24) is 15.6 Å². The maximum absolute atomic E-state index is 11.9. The van der Waals surface area contributed by atoms with Gasteiger partial charge in [0, 0.05) is 37.1 Å². The van der Waals surface area contributed by atoms with Crippen LogP contribution < -0.4 is 15.4 Å². The van der Waals surface area contributed by atoms with Crippen LogP contribution in [-0.4, -0.2) is 29.9 Å². The summed E-state index contributed by atoms with van der Waals surface area (Å²) in [5, 5.41) is 5.45. The number of carbonyl (C=O) groups excluding carboxylic acids is 2. The predicted octanol–water partition coefficient (Wildman–Crippen LogP) is 1.93. The Bertz CT molecular complexity index is 730. The van der Waals surface area contributed by atoms with Crippen molar-refractivity contribution < 1.29 is 14.3 Å². The molecule has 0 saturated carbocycles. The third kappa shape index (κ3) is 6.47. The van der Waals surface area contributed by atoms with Crippen molar-refractivity contribution in [2.75, 3.05) is 13.2 Å². The fourth-order valence-corrected chi connectivity index (χ4v) is 2.06. The van der Waals surface area contributed by atoms with Crippen LogP contribution in [0.25, 0.3) is 6.08 Å². The number of hydrogen-bond donors (Lipinski definition) is 2. The van der Waals surface area contributed by atoms with E-state index in [0.717, 1.165) is 11.1 Å². The predicted molar refractivity (Wildman–Crippen MR) is 95.7 cm³/mol. The Labute approximate surface area is 146 Å². The Morgan fingerprint density at radius 3 is 2.76 bits per heavy atom. The summed E-state index contributed by atoms with van der Waals surface area (Å²) >= 11 is 0. The number of hydrogen-bond acceptors (Lipinski definition) is 4. The summed E-state index contributed by atoms with van der Waals surface area (Å²) in [6.45, 7) is 2.75. The Hall–Kier alpha value is -3.15. The number of amides is 2. The number of aromatic nitrogens is 1. The van der Waals surface area contributed by atoms with E-state index in [1.807, 2.05) is 37.3 Å². The summed E-state index contributed by atoms with van der Waals surface area (Å²) in [5.74, 6) is 0.142. The largest absolute Gasteiger partial charge is 0.483 e. The average Bonchev–Trinajstić information content (AvgIpc) is 2.64. The zero-order valence-electron chi connectivity index (χ0n) is 14.1. The molecule has 2 N–H and O–H groups in total. The molecule has 0 unspecified atom stereocenters. The molecule has 0 aliphatic heterocycles. The summed E-state index contributed by atoms with van der Waals surface area (Å²) in [7, 11) is 0. The van der Waals surface area contributed by atoms with Gasteiger partial charge in [0.1, 0.15) is 5.75 Å². The van der Waals surface area contributed by atoms with Gasteiger partial charge in [-0.1, -0.05) is 24.3 Å². The van der Waals surface area contributed by atoms with Crippen LogP contribution in [0.2, 0.25) is 0 Å². The molecule has 25 heavy (non-hydrogen) atoms. The molecule has 2 aromatic rings. The minimum atomic E-state index is -0.220. The van der Waals surface area contributed by atoms with Gasteiger partial charge in [0.25, 0.3) is 5.91 Å². The van der Waals surface area contributed by atoms with Gasteiger partial charge in [-0.05, 0) is 30.7 Å². The zero-order chi connectivity index (χ0) is 17.9. The van der Waals surface area contributed by atoms with E-state index >= 15 is 0 Å². The molecule has 0 radical (unpaired) electrons. The second-order valence-corrected chi connectivity index (χ2v) is 5.19. The van der Waals surface area contributed by atoms with Gasteiger partial charge in [0.2, 0.25) is 5.91 Å². The van der Waals surface area contributed by atoms with Crippen LogP contribution in [0.5, 0.6) is 5.75 Å². The van der Waals surface area contributed by atoms with Gasteiger partial charge in [-0.2, -0.15) is 0 Å². The minimum absolute atomic E-state index is 0.0636. The van der Waals surface area contributed by atoms with Gasteiger partial charge < -0.3 is 15.4 Å². The highest BCUT2D eigenvalue weighted by atomic mass is 16.5. The highest BCUT2D eigenvalue weighted by Crippen LogP contribution is 2.19. The van der Waals surface area contributed by atoms with Gasteiger partial charge in [0.15, 0.2) is 6.61 Å². The molecule has 0 aliphatic rings. The van der Waals surface area contributed by atoms with E-state index < -0.39 is 0 Å². The lowest BCUT2D eigenvalue weighted by Gasteiger charge is -2.09. The first-order valence-corrected chi connectivity index (χ1v) is 8.02. The van der Waals surface area contributed by atoms with Gasteiger partial charge in [-0.15, -0.1) is 0 Å². The molecule has 2 amide bonds. The number of rotatable bonds is 8. The van der Waals surface area contributed by atoms with Crippen molar-refractivity contribution in [2.45, 2.75) is 13.5 Å². The first kappa shape index (κ1) is 18.2. The molecule has 6 nitrogen and oxygen atoms in total. The van der Waals surface area contributed by atoms with Crippen molar-refractivity contribution in [3.8, 4) is 5.75 Å². The van der Waals surface area contributed by atoms with Crippen molar-refractivity contribution >= 4 is 17.9 Å². The number of pyridine rings is 1. The molecule has 2 rings (SSSR count). The number of para-hydroxylation sites is 1. The molecule has 130 valence electrons. The van der Waals surface area contributed by atoms with Crippen LogP contribution in [-0.2, 0) is 16.1 Å². The summed E-state index contributed by atoms with van der Waals surface area (Å²) in [5.41, 5.74) is 1.65. The van der Waals surface area contributed by atoms with E-state index in [4.69, 9.17) is 4.74 Å². The monoisotopic (exact) mass is 339 g/mol. The van der Waals surface area contributed by atoms with Crippen LogP contribution in [0.3, 0.4) is 0 Å². The van der Waals surface area contributed by atoms with Gasteiger partial charge in [-0.25, -0.2) is 0 Å². The second-order valence-electron chi connectivity index (χ2n) is 5.19. The fraction of sp³-hybridized carbons (Fsp3) is 0.211. The van der Waals surface area contributed by atoms with Gasteiger partial charge in [0.05, 0.1) is 0 Å². The van der Waals surface area contributed by atoms with Crippen LogP contribution in [0.1, 0.15) is 18.1 Å². The van der Waals surface area contributed by atoms with Crippen molar-refractivity contribution in [1.29, 1.82) is 0 Å². The Morgan fingerprint density at radius 2 is 2.00 bits per heavy atom. The minimum Gasteiger partial charge on any atom is -0.483 e. The fourth-order valence-electron chi connectivity index (χ4n) is 2.06. The van der Waals surface area contributed by atoms with E-state index in [1.54, 1.807) is 24.5 Å². The van der Waals surface area contributed by atoms with E-state index in [9.17, 15) is 9.59 Å². The number of ether oxygens (including phenoxy) is 1. The van der Waals surface area contributed by atoms with E-state index in [1.165, 1.54) is 6.08 Å². The highest BCUT2D eigenvalue weighted by molar-refractivity contribution is 5.92. The quantitative estimate of drug-likeness (QED) is 0.720. The zero-order valence-corrected chi connectivity index (χ0v) is 14.1. The number of carbonyl (C=O) groups is 2. The first-order valence-electron chi connectivity index (χ1n) is 8.02. The molecular weight excluding hydrogens is 318 g/mol. The van der Waals surface area contributed by atoms with E-state index in [0.29, 0.717) is 18.8 Å². The molecule has 1 aromatic carbocycles. The molecule has 0 fully saturated rings. The third-order valence-electron chi connectivity index (χ3n) is 3.26. The summed E-state index contributed by atoms with van der Waals surface area (Å²) in [6, 6.07) is 10.9. The van der Waals surface area contributed by atoms with Crippen molar-refractivity contribution in [3.05, 3.63) is 66.0 Å². The molecule has 6 heteroatoms. The van der Waals surface area contributed by atoms with Crippen LogP contribution in [0.4, 0.5) is 0 Å². The lowest BCUT2D eigenvalue weighted by atomic mass is 10.2. The topological polar surface area (TPSA) is 80.3 Å². The maximum Gasteiger partial charge on any atom is 0.257 e. The van der Waals surface area contributed by atoms with Crippen LogP contribution in [0.15, 0.2) is 54.9 Å². The molecule has 0 spiro atoms. The van der Waals surface area contributed by atoms with E-state index in [2.05, 4.69) is 15.6 Å². The molecular formula is C19H21N3O3. The number of nitrogens with one attached hydrogen (secondary N) is 2. The molecule has 0 atom stereocenters. The smallest absolute Gasteiger partial charge is 0.257 e. The molecule has 0 bridgehead atoms. The maximum atomic E-state index is 11.9. The van der Waals surface area contributed by atoms with Crippen LogP contribution in [0, 0.1) is 0 Å². The molecule has 0 saturated heterocycles. The standard InChI is InChI=1S/C19H21N3O3/c1-2-21-19(24)14-25-17-8-4-3-7-16(17)9-10-18(23)22-13-15-6-5-11-20-12-15/h3-12H,2,13-14H2,1H3,(H,21,24)(H,22,23)/b10-9+. The lowest BCUT2D eigenvalue weighted by Crippen LogP contribution is -2.28. The van der Waals surface area contributed by atoms with Crippen molar-refractivity contribution in [3.63, 3.8) is 0 Å². The SMILES string of the molecule is CCNC(=O)COc1ccccc1/C=C/C(=O)NCc1cccnc1. The molecule has 0 aliphatic carbocycles. The average molecular weight is 339 g/mol. The number of nitrogens with zero attached hydrogens (tertiary/aromatic N) is 1. The Morgan fingerprint density at radius 1 is 1.16 bits per heavy atom.